The van der Waals surface area contributed by atoms with E-state index in [1.165, 1.54) is 23.8 Å². The van der Waals surface area contributed by atoms with Crippen LogP contribution in [-0.4, -0.2) is 46.0 Å². The van der Waals surface area contributed by atoms with Gasteiger partial charge in [0.1, 0.15) is 0 Å². The number of carbonyl (C=O) groups excluding carboxylic acids is 1. The lowest BCUT2D eigenvalue weighted by Crippen LogP contribution is -2.39. The number of aromatic amines is 1. The van der Waals surface area contributed by atoms with E-state index in [4.69, 9.17) is 0 Å². The number of amides is 1. The summed E-state index contributed by atoms with van der Waals surface area (Å²) in [5, 5.41) is 2.97. The number of benzene rings is 2. The number of likely N-dealkylation sites (tertiary alicyclic amines) is 1. The van der Waals surface area contributed by atoms with Gasteiger partial charge in [0, 0.05) is 30.4 Å². The Bertz CT molecular complexity index is 1180. The van der Waals surface area contributed by atoms with Crippen molar-refractivity contribution in [1.82, 2.24) is 19.8 Å². The number of carbonyl (C=O) groups is 1. The van der Waals surface area contributed by atoms with Crippen LogP contribution in [0.3, 0.4) is 0 Å². The molecule has 1 saturated heterocycles. The predicted molar refractivity (Wildman–Crippen MR) is 122 cm³/mol. The Morgan fingerprint density at radius 3 is 2.65 bits per heavy atom. The predicted octanol–water partition coefficient (Wildman–Crippen LogP) is 2.67. The number of aromatic nitrogens is 2. The second-order valence-electron chi connectivity index (χ2n) is 8.15. The van der Waals surface area contributed by atoms with Gasteiger partial charge in [-0.3, -0.25) is 19.0 Å². The minimum Gasteiger partial charge on any atom is -0.352 e. The van der Waals surface area contributed by atoms with Crippen molar-refractivity contribution in [2.45, 2.75) is 38.6 Å². The molecular weight excluding hydrogens is 392 g/mol. The SMILES string of the molecule is CC1CCCCN1CCCNC(=O)c1ccc(-n2c(=O)c(=O)[nH]c3ccccc32)cc1. The molecule has 1 fully saturated rings. The van der Waals surface area contributed by atoms with Crippen LogP contribution in [0.5, 0.6) is 0 Å². The quantitative estimate of drug-likeness (QED) is 0.474. The van der Waals surface area contributed by atoms with Crippen molar-refractivity contribution in [2.24, 2.45) is 0 Å². The number of H-pyrrole nitrogens is 1. The molecular formula is C24H28N4O3. The summed E-state index contributed by atoms with van der Waals surface area (Å²) in [7, 11) is 0. The van der Waals surface area contributed by atoms with Crippen LogP contribution < -0.4 is 16.4 Å². The van der Waals surface area contributed by atoms with Gasteiger partial charge in [0.15, 0.2) is 0 Å². The van der Waals surface area contributed by atoms with Gasteiger partial charge >= 0.3 is 11.1 Å². The van der Waals surface area contributed by atoms with E-state index >= 15 is 0 Å². The van der Waals surface area contributed by atoms with Gasteiger partial charge in [0.2, 0.25) is 0 Å². The standard InChI is InChI=1S/C24H28N4O3/c1-17-7-4-5-15-27(17)16-6-14-25-22(29)18-10-12-19(13-11-18)28-21-9-3-2-8-20(21)26-23(30)24(28)31/h2-3,8-13,17H,4-7,14-16H2,1H3,(H,25,29)(H,26,30). The smallest absolute Gasteiger partial charge is 0.321 e. The van der Waals surface area contributed by atoms with E-state index in [-0.39, 0.29) is 5.91 Å². The molecule has 7 heteroatoms. The first-order chi connectivity index (χ1) is 15.0. The van der Waals surface area contributed by atoms with Crippen molar-refractivity contribution in [2.75, 3.05) is 19.6 Å². The number of fused-ring (bicyclic) bond motifs is 1. The first-order valence-electron chi connectivity index (χ1n) is 10.9. The second-order valence-corrected chi connectivity index (χ2v) is 8.15. The maximum Gasteiger partial charge on any atom is 0.321 e. The van der Waals surface area contributed by atoms with Crippen molar-refractivity contribution in [1.29, 1.82) is 0 Å². The van der Waals surface area contributed by atoms with Gasteiger partial charge in [-0.05, 0) is 69.1 Å². The average molecular weight is 421 g/mol. The Labute approximate surface area is 180 Å². The van der Waals surface area contributed by atoms with Crippen LogP contribution in [-0.2, 0) is 0 Å². The third kappa shape index (κ3) is 4.61. The molecule has 2 heterocycles. The van der Waals surface area contributed by atoms with Gasteiger partial charge in [-0.2, -0.15) is 0 Å². The second kappa shape index (κ2) is 9.31. The number of nitrogens with one attached hydrogen (secondary N) is 2. The Kier molecular flexibility index (Phi) is 6.32. The number of para-hydroxylation sites is 2. The molecule has 1 aromatic heterocycles. The molecule has 1 aliphatic heterocycles. The minimum absolute atomic E-state index is 0.138. The Balaban J connectivity index is 1.42. The first kappa shape index (κ1) is 21.1. The minimum atomic E-state index is -0.677. The largest absolute Gasteiger partial charge is 0.352 e. The van der Waals surface area contributed by atoms with Crippen molar-refractivity contribution >= 4 is 16.9 Å². The fourth-order valence-electron chi connectivity index (χ4n) is 4.26. The number of hydrogen-bond acceptors (Lipinski definition) is 4. The van der Waals surface area contributed by atoms with Crippen LogP contribution in [0.25, 0.3) is 16.7 Å². The lowest BCUT2D eigenvalue weighted by molar-refractivity contribution is 0.0949. The highest BCUT2D eigenvalue weighted by molar-refractivity contribution is 5.94. The van der Waals surface area contributed by atoms with Crippen LogP contribution in [0.2, 0.25) is 0 Å². The molecule has 162 valence electrons. The van der Waals surface area contributed by atoms with E-state index in [1.54, 1.807) is 42.5 Å². The summed E-state index contributed by atoms with van der Waals surface area (Å²) >= 11 is 0. The Morgan fingerprint density at radius 1 is 1.10 bits per heavy atom. The molecule has 1 aliphatic rings. The monoisotopic (exact) mass is 420 g/mol. The summed E-state index contributed by atoms with van der Waals surface area (Å²) in [6.07, 6.45) is 4.74. The molecule has 4 rings (SSSR count). The third-order valence-electron chi connectivity index (χ3n) is 6.03. The van der Waals surface area contributed by atoms with E-state index in [1.807, 2.05) is 6.07 Å². The lowest BCUT2D eigenvalue weighted by Gasteiger charge is -2.33. The fourth-order valence-corrected chi connectivity index (χ4v) is 4.26. The summed E-state index contributed by atoms with van der Waals surface area (Å²) in [6.45, 7) is 5.04. The molecule has 1 amide bonds. The summed E-state index contributed by atoms with van der Waals surface area (Å²) < 4.78 is 1.37. The van der Waals surface area contributed by atoms with Gasteiger partial charge < -0.3 is 15.2 Å². The van der Waals surface area contributed by atoms with Crippen LogP contribution in [0, 0.1) is 0 Å². The number of nitrogens with zero attached hydrogens (tertiary/aromatic N) is 2. The van der Waals surface area contributed by atoms with E-state index in [0.29, 0.717) is 34.9 Å². The molecule has 7 nitrogen and oxygen atoms in total. The van der Waals surface area contributed by atoms with Crippen LogP contribution in [0.15, 0.2) is 58.1 Å². The molecule has 3 aromatic rings. The zero-order valence-electron chi connectivity index (χ0n) is 17.8. The van der Waals surface area contributed by atoms with Gasteiger partial charge in [-0.25, -0.2) is 0 Å². The highest BCUT2D eigenvalue weighted by Crippen LogP contribution is 2.16. The van der Waals surface area contributed by atoms with Gasteiger partial charge in [-0.15, -0.1) is 0 Å². The van der Waals surface area contributed by atoms with E-state index in [0.717, 1.165) is 19.5 Å². The maximum absolute atomic E-state index is 12.5. The molecule has 31 heavy (non-hydrogen) atoms. The summed E-state index contributed by atoms with van der Waals surface area (Å²) in [4.78, 5) is 42.1. The van der Waals surface area contributed by atoms with Crippen LogP contribution in [0.1, 0.15) is 43.0 Å². The van der Waals surface area contributed by atoms with E-state index in [2.05, 4.69) is 22.1 Å². The number of piperidine rings is 1. The first-order valence-corrected chi connectivity index (χ1v) is 10.9. The molecule has 1 atom stereocenters. The van der Waals surface area contributed by atoms with Gasteiger partial charge in [-0.1, -0.05) is 18.6 Å². The topological polar surface area (TPSA) is 87.2 Å². The van der Waals surface area contributed by atoms with Crippen LogP contribution in [0.4, 0.5) is 0 Å². The Morgan fingerprint density at radius 2 is 1.87 bits per heavy atom. The molecule has 0 aliphatic carbocycles. The molecule has 0 radical (unpaired) electrons. The fraction of sp³-hybridized carbons (Fsp3) is 0.375. The third-order valence-corrected chi connectivity index (χ3v) is 6.03. The molecule has 0 saturated carbocycles. The van der Waals surface area contributed by atoms with Gasteiger partial charge in [0.05, 0.1) is 11.0 Å². The molecule has 0 spiro atoms. The van der Waals surface area contributed by atoms with Crippen molar-refractivity contribution in [3.63, 3.8) is 0 Å². The van der Waals surface area contributed by atoms with Crippen molar-refractivity contribution < 1.29 is 4.79 Å². The molecule has 2 aromatic carbocycles. The molecule has 2 N–H and O–H groups in total. The van der Waals surface area contributed by atoms with Crippen molar-refractivity contribution in [3.8, 4) is 5.69 Å². The lowest BCUT2D eigenvalue weighted by atomic mass is 10.0. The Hall–Kier alpha value is -3.19. The summed E-state index contributed by atoms with van der Waals surface area (Å²) in [5.41, 5.74) is 0.930. The highest BCUT2D eigenvalue weighted by atomic mass is 16.2. The van der Waals surface area contributed by atoms with Gasteiger partial charge in [0.25, 0.3) is 5.91 Å². The number of rotatable bonds is 6. The average Bonchev–Trinajstić information content (AvgIpc) is 2.79. The van der Waals surface area contributed by atoms with Crippen LogP contribution >= 0.6 is 0 Å². The highest BCUT2D eigenvalue weighted by Gasteiger charge is 2.17. The summed E-state index contributed by atoms with van der Waals surface area (Å²) in [5.74, 6) is -0.138. The number of hydrogen-bond donors (Lipinski definition) is 2. The normalized spacial score (nSPS) is 17.0. The zero-order chi connectivity index (χ0) is 21.8. The summed E-state index contributed by atoms with van der Waals surface area (Å²) in [6, 6.07) is 14.5. The molecule has 1 unspecified atom stereocenters. The maximum atomic E-state index is 12.5. The van der Waals surface area contributed by atoms with E-state index < -0.39 is 11.1 Å². The molecule has 0 bridgehead atoms. The van der Waals surface area contributed by atoms with E-state index in [9.17, 15) is 14.4 Å². The van der Waals surface area contributed by atoms with Crippen molar-refractivity contribution in [3.05, 3.63) is 74.8 Å². The zero-order valence-corrected chi connectivity index (χ0v) is 17.8.